The maximum atomic E-state index is 14.2. The number of methoxy groups -OCH3 is 2. The summed E-state index contributed by atoms with van der Waals surface area (Å²) in [5.74, 6) is -1.65. The topological polar surface area (TPSA) is 97.8 Å². The highest BCUT2D eigenvalue weighted by Crippen LogP contribution is 2.36. The summed E-state index contributed by atoms with van der Waals surface area (Å²) in [6.45, 7) is 0. The van der Waals surface area contributed by atoms with E-state index in [1.165, 1.54) is 38.5 Å². The molecule has 0 saturated carbocycles. The average molecular weight is 459 g/mol. The predicted molar refractivity (Wildman–Crippen MR) is 117 cm³/mol. The Labute approximate surface area is 188 Å². The number of carboxylic acid groups (broad SMARTS) is 1. The van der Waals surface area contributed by atoms with Crippen molar-refractivity contribution >= 4 is 23.5 Å². The quantitative estimate of drug-likeness (QED) is 0.515. The van der Waals surface area contributed by atoms with Gasteiger partial charge in [0.2, 0.25) is 0 Å². The number of carbonyl (C=O) groups is 2. The Hall–Kier alpha value is -3.65. The van der Waals surface area contributed by atoms with E-state index >= 15 is 0 Å². The molecule has 0 aliphatic heterocycles. The summed E-state index contributed by atoms with van der Waals surface area (Å²) < 4.78 is 25.0. The second kappa shape index (κ2) is 10.1. The molecule has 2 N–H and O–H groups in total. The molecule has 0 saturated heterocycles. The first-order valence-electron chi connectivity index (χ1n) is 9.50. The molecule has 7 nitrogen and oxygen atoms in total. The van der Waals surface area contributed by atoms with Crippen molar-refractivity contribution in [3.05, 3.63) is 76.7 Å². The Morgan fingerprint density at radius 3 is 2.44 bits per heavy atom. The Morgan fingerprint density at radius 2 is 1.78 bits per heavy atom. The molecule has 32 heavy (non-hydrogen) atoms. The van der Waals surface area contributed by atoms with Crippen LogP contribution in [0.4, 0.5) is 4.39 Å². The molecule has 3 rings (SSSR count). The molecule has 1 unspecified atom stereocenters. The average Bonchev–Trinajstić information content (AvgIpc) is 2.78. The summed E-state index contributed by atoms with van der Waals surface area (Å²) in [5, 5.41) is 12.2. The van der Waals surface area contributed by atoms with E-state index in [4.69, 9.17) is 21.1 Å². The van der Waals surface area contributed by atoms with Crippen LogP contribution in [0.1, 0.15) is 28.5 Å². The molecule has 0 spiro atoms. The van der Waals surface area contributed by atoms with Crippen molar-refractivity contribution in [3.63, 3.8) is 0 Å². The minimum atomic E-state index is -1.19. The summed E-state index contributed by atoms with van der Waals surface area (Å²) >= 11 is 6.13. The Balaban J connectivity index is 2.00. The van der Waals surface area contributed by atoms with E-state index in [2.05, 4.69) is 10.3 Å². The number of carboxylic acids is 1. The van der Waals surface area contributed by atoms with Crippen LogP contribution in [-0.2, 0) is 4.79 Å². The van der Waals surface area contributed by atoms with Gasteiger partial charge in [0.15, 0.2) is 0 Å². The van der Waals surface area contributed by atoms with Gasteiger partial charge in [-0.05, 0) is 36.4 Å². The molecule has 2 aromatic carbocycles. The molecule has 1 heterocycles. The number of rotatable bonds is 8. The van der Waals surface area contributed by atoms with Crippen LogP contribution in [0.2, 0.25) is 5.02 Å². The zero-order valence-electron chi connectivity index (χ0n) is 17.3. The first kappa shape index (κ1) is 23.0. The number of nitrogens with zero attached hydrogens (tertiary/aromatic N) is 1. The largest absolute Gasteiger partial charge is 0.496 e. The molecule has 9 heteroatoms. The summed E-state index contributed by atoms with van der Waals surface area (Å²) in [6.07, 6.45) is -0.502. The van der Waals surface area contributed by atoms with E-state index in [-0.39, 0.29) is 11.3 Å². The summed E-state index contributed by atoms with van der Waals surface area (Å²) in [7, 11) is 2.94. The van der Waals surface area contributed by atoms with Gasteiger partial charge in [0, 0.05) is 16.1 Å². The lowest BCUT2D eigenvalue weighted by Crippen LogP contribution is -2.31. The third kappa shape index (κ3) is 5.15. The Bertz CT molecular complexity index is 1150. The van der Waals surface area contributed by atoms with Crippen molar-refractivity contribution in [2.75, 3.05) is 14.2 Å². The van der Waals surface area contributed by atoms with Gasteiger partial charge in [-0.1, -0.05) is 29.8 Å². The summed E-state index contributed by atoms with van der Waals surface area (Å²) in [5.41, 5.74) is 0.853. The molecule has 1 atom stereocenters. The minimum absolute atomic E-state index is 0.0189. The van der Waals surface area contributed by atoms with Crippen LogP contribution in [-0.4, -0.2) is 36.2 Å². The Morgan fingerprint density at radius 1 is 1.09 bits per heavy atom. The van der Waals surface area contributed by atoms with Gasteiger partial charge < -0.3 is 19.9 Å². The number of aliphatic carboxylic acids is 1. The van der Waals surface area contributed by atoms with E-state index < -0.39 is 30.2 Å². The number of carbonyl (C=O) groups excluding carboxylic acids is 1. The monoisotopic (exact) mass is 458 g/mol. The van der Waals surface area contributed by atoms with Gasteiger partial charge >= 0.3 is 5.97 Å². The molecule has 0 aliphatic carbocycles. The smallest absolute Gasteiger partial charge is 0.305 e. The zero-order chi connectivity index (χ0) is 23.3. The number of nitrogens with one attached hydrogen (secondary N) is 1. The van der Waals surface area contributed by atoms with E-state index in [1.54, 1.807) is 30.3 Å². The zero-order valence-corrected chi connectivity index (χ0v) is 18.0. The van der Waals surface area contributed by atoms with Crippen LogP contribution >= 0.6 is 11.6 Å². The molecule has 3 aromatic rings. The van der Waals surface area contributed by atoms with Gasteiger partial charge in [-0.25, -0.2) is 9.37 Å². The molecule has 0 radical (unpaired) electrons. The highest BCUT2D eigenvalue weighted by atomic mass is 35.5. The van der Waals surface area contributed by atoms with Crippen LogP contribution in [0, 0.1) is 5.82 Å². The van der Waals surface area contributed by atoms with Crippen LogP contribution in [0.3, 0.4) is 0 Å². The summed E-state index contributed by atoms with van der Waals surface area (Å²) in [6, 6.07) is 12.5. The molecular formula is C23H20ClFN2O5. The number of hydrogen-bond donors (Lipinski definition) is 2. The number of amides is 1. The number of ether oxygens (including phenoxy) is 2. The normalized spacial score (nSPS) is 11.5. The fourth-order valence-electron chi connectivity index (χ4n) is 3.20. The number of halogens is 2. The van der Waals surface area contributed by atoms with Gasteiger partial charge in [0.25, 0.3) is 5.91 Å². The van der Waals surface area contributed by atoms with Crippen LogP contribution < -0.4 is 14.8 Å². The number of aromatic nitrogens is 1. The molecule has 0 fully saturated rings. The van der Waals surface area contributed by atoms with E-state index in [0.29, 0.717) is 27.8 Å². The number of pyridine rings is 1. The van der Waals surface area contributed by atoms with Gasteiger partial charge in [0.05, 0.1) is 26.7 Å². The molecule has 1 aromatic heterocycles. The predicted octanol–water partition coefficient (Wildman–Crippen LogP) is 4.50. The summed E-state index contributed by atoms with van der Waals surface area (Å²) in [4.78, 5) is 28.6. The first-order chi connectivity index (χ1) is 15.3. The van der Waals surface area contributed by atoms with E-state index in [1.807, 2.05) is 0 Å². The van der Waals surface area contributed by atoms with E-state index in [0.717, 1.165) is 0 Å². The standard InChI is InChI=1S/C23H20ClFN2O5/c1-31-19-9-7-13(24)11-15(19)22-20(32-2)10-8-17(26-22)23(30)27-18(12-21(28)29)14-5-3-4-6-16(14)25/h3-11,18H,12H2,1-2H3,(H,27,30)(H,28,29). The maximum absolute atomic E-state index is 14.2. The third-order valence-electron chi connectivity index (χ3n) is 4.69. The highest BCUT2D eigenvalue weighted by Gasteiger charge is 2.23. The van der Waals surface area contributed by atoms with E-state index in [9.17, 15) is 19.1 Å². The highest BCUT2D eigenvalue weighted by molar-refractivity contribution is 6.31. The minimum Gasteiger partial charge on any atom is -0.496 e. The second-order valence-corrected chi connectivity index (χ2v) is 7.17. The first-order valence-corrected chi connectivity index (χ1v) is 9.87. The van der Waals surface area contributed by atoms with Crippen LogP contribution in [0.25, 0.3) is 11.3 Å². The van der Waals surface area contributed by atoms with Gasteiger partial charge in [-0.2, -0.15) is 0 Å². The van der Waals surface area contributed by atoms with Gasteiger partial charge in [0.1, 0.15) is 28.7 Å². The van der Waals surface area contributed by atoms with Crippen molar-refractivity contribution in [1.82, 2.24) is 10.3 Å². The molecule has 166 valence electrons. The van der Waals surface area contributed by atoms with Gasteiger partial charge in [-0.15, -0.1) is 0 Å². The molecule has 0 aliphatic rings. The van der Waals surface area contributed by atoms with Crippen molar-refractivity contribution in [2.45, 2.75) is 12.5 Å². The third-order valence-corrected chi connectivity index (χ3v) is 4.93. The SMILES string of the molecule is COc1ccc(Cl)cc1-c1nc(C(=O)NC(CC(=O)O)c2ccccc2F)ccc1OC. The van der Waals surface area contributed by atoms with Crippen molar-refractivity contribution < 1.29 is 28.6 Å². The number of hydrogen-bond acceptors (Lipinski definition) is 5. The van der Waals surface area contributed by atoms with Gasteiger partial charge in [-0.3, -0.25) is 9.59 Å². The lowest BCUT2D eigenvalue weighted by atomic mass is 10.0. The lowest BCUT2D eigenvalue weighted by Gasteiger charge is -2.18. The van der Waals surface area contributed by atoms with Crippen molar-refractivity contribution in [3.8, 4) is 22.8 Å². The molecule has 0 bridgehead atoms. The fourth-order valence-corrected chi connectivity index (χ4v) is 3.37. The Kier molecular flexibility index (Phi) is 7.27. The van der Waals surface area contributed by atoms with Crippen LogP contribution in [0.15, 0.2) is 54.6 Å². The maximum Gasteiger partial charge on any atom is 0.305 e. The lowest BCUT2D eigenvalue weighted by molar-refractivity contribution is -0.137. The molecule has 1 amide bonds. The van der Waals surface area contributed by atoms with Crippen molar-refractivity contribution in [2.24, 2.45) is 0 Å². The molecular weight excluding hydrogens is 439 g/mol. The van der Waals surface area contributed by atoms with Crippen molar-refractivity contribution in [1.29, 1.82) is 0 Å². The number of benzene rings is 2. The second-order valence-electron chi connectivity index (χ2n) is 6.74. The fraction of sp³-hybridized carbons (Fsp3) is 0.174. The van der Waals surface area contributed by atoms with Crippen LogP contribution in [0.5, 0.6) is 11.5 Å².